The number of nitrogens with zero attached hydrogens (tertiary/aromatic N) is 1. The number of para-hydroxylation sites is 1. The topological polar surface area (TPSA) is 75.7 Å². The molecule has 1 saturated heterocycles. The molecule has 152 valence electrons. The fourth-order valence-corrected chi connectivity index (χ4v) is 4.06. The van der Waals surface area contributed by atoms with Crippen molar-refractivity contribution in [2.45, 2.75) is 64.3 Å². The first-order valence-electron chi connectivity index (χ1n) is 10.3. The number of esters is 1. The molecule has 6 nitrogen and oxygen atoms in total. The van der Waals surface area contributed by atoms with Gasteiger partial charge in [0.25, 0.3) is 5.91 Å². The van der Waals surface area contributed by atoms with E-state index in [9.17, 15) is 14.4 Å². The molecule has 1 aromatic carbocycles. The van der Waals surface area contributed by atoms with E-state index in [1.807, 2.05) is 24.3 Å². The Bertz CT molecular complexity index is 727. The first-order valence-corrected chi connectivity index (χ1v) is 10.3. The summed E-state index contributed by atoms with van der Waals surface area (Å²) in [5.41, 5.74) is 1.99. The van der Waals surface area contributed by atoms with Crippen LogP contribution in [-0.2, 0) is 19.1 Å². The number of benzene rings is 1. The zero-order valence-electron chi connectivity index (χ0n) is 16.8. The zero-order valence-corrected chi connectivity index (χ0v) is 16.8. The number of carbonyl (C=O) groups excluding carboxylic acids is 3. The summed E-state index contributed by atoms with van der Waals surface area (Å²) in [6.07, 6.45) is 5.33. The lowest BCUT2D eigenvalue weighted by molar-refractivity contribution is -0.152. The van der Waals surface area contributed by atoms with Crippen LogP contribution in [-0.4, -0.2) is 37.0 Å². The summed E-state index contributed by atoms with van der Waals surface area (Å²) < 4.78 is 5.20. The molecule has 1 aliphatic heterocycles. The molecule has 28 heavy (non-hydrogen) atoms. The van der Waals surface area contributed by atoms with Crippen molar-refractivity contribution < 1.29 is 19.1 Å². The number of anilines is 1. The molecule has 0 unspecified atom stereocenters. The smallest absolute Gasteiger partial charge is 0.311 e. The van der Waals surface area contributed by atoms with Crippen LogP contribution in [0.5, 0.6) is 0 Å². The minimum Gasteiger partial charge on any atom is -0.455 e. The van der Waals surface area contributed by atoms with Gasteiger partial charge in [-0.25, -0.2) is 0 Å². The molecule has 0 radical (unpaired) electrons. The Morgan fingerprint density at radius 3 is 2.68 bits per heavy atom. The highest BCUT2D eigenvalue weighted by Gasteiger charge is 2.37. The first kappa shape index (κ1) is 20.4. The first-order chi connectivity index (χ1) is 13.5. The van der Waals surface area contributed by atoms with Gasteiger partial charge in [0, 0.05) is 24.7 Å². The SMILES string of the molecule is CC[C@H](C)c1ccccc1N1C[C@H](C(=O)OCC(=O)NC2CCCC2)CC1=O. The number of nitrogens with one attached hydrogen (secondary N) is 1. The molecule has 1 aliphatic carbocycles. The minimum absolute atomic E-state index is 0.0758. The number of ether oxygens (including phenoxy) is 1. The third kappa shape index (κ3) is 4.72. The Labute approximate surface area is 166 Å². The van der Waals surface area contributed by atoms with Gasteiger partial charge in [0.1, 0.15) is 0 Å². The monoisotopic (exact) mass is 386 g/mol. The predicted molar refractivity (Wildman–Crippen MR) is 107 cm³/mol. The van der Waals surface area contributed by atoms with Gasteiger partial charge in [0.05, 0.1) is 5.92 Å². The van der Waals surface area contributed by atoms with Crippen LogP contribution in [0.1, 0.15) is 63.9 Å². The largest absolute Gasteiger partial charge is 0.455 e. The Hall–Kier alpha value is -2.37. The van der Waals surface area contributed by atoms with Gasteiger partial charge >= 0.3 is 5.97 Å². The minimum atomic E-state index is -0.531. The van der Waals surface area contributed by atoms with Crippen molar-refractivity contribution in [3.63, 3.8) is 0 Å². The van der Waals surface area contributed by atoms with Crippen molar-refractivity contribution in [3.05, 3.63) is 29.8 Å². The maximum Gasteiger partial charge on any atom is 0.311 e. The Morgan fingerprint density at radius 2 is 1.96 bits per heavy atom. The Morgan fingerprint density at radius 1 is 1.25 bits per heavy atom. The average molecular weight is 386 g/mol. The molecule has 2 amide bonds. The van der Waals surface area contributed by atoms with Gasteiger partial charge in [0.2, 0.25) is 5.91 Å². The number of carbonyl (C=O) groups is 3. The van der Waals surface area contributed by atoms with E-state index in [0.29, 0.717) is 12.5 Å². The Kier molecular flexibility index (Phi) is 6.70. The fourth-order valence-electron chi connectivity index (χ4n) is 4.06. The van der Waals surface area contributed by atoms with Crippen LogP contribution in [0, 0.1) is 5.92 Å². The fraction of sp³-hybridized carbons (Fsp3) is 0.591. The van der Waals surface area contributed by atoms with Gasteiger partial charge < -0.3 is 15.0 Å². The van der Waals surface area contributed by atoms with Crippen molar-refractivity contribution in [3.8, 4) is 0 Å². The average Bonchev–Trinajstić information content (AvgIpc) is 3.35. The van der Waals surface area contributed by atoms with E-state index in [0.717, 1.165) is 43.4 Å². The number of hydrogen-bond acceptors (Lipinski definition) is 4. The highest BCUT2D eigenvalue weighted by Crippen LogP contribution is 2.33. The van der Waals surface area contributed by atoms with Gasteiger partial charge in [-0.05, 0) is 36.8 Å². The van der Waals surface area contributed by atoms with Crippen LogP contribution < -0.4 is 10.2 Å². The lowest BCUT2D eigenvalue weighted by Gasteiger charge is -2.23. The normalized spacial score (nSPS) is 21.0. The van der Waals surface area contributed by atoms with Crippen LogP contribution in [0.2, 0.25) is 0 Å². The maximum atomic E-state index is 12.6. The molecule has 0 spiro atoms. The van der Waals surface area contributed by atoms with Gasteiger partial charge in [-0.3, -0.25) is 14.4 Å². The highest BCUT2D eigenvalue weighted by atomic mass is 16.5. The van der Waals surface area contributed by atoms with Crippen LogP contribution in [0.25, 0.3) is 0 Å². The van der Waals surface area contributed by atoms with E-state index in [-0.39, 0.29) is 30.9 Å². The summed E-state index contributed by atoms with van der Waals surface area (Å²) in [6, 6.07) is 8.05. The standard InChI is InChI=1S/C22H30N2O4/c1-3-15(2)18-10-6-7-11-19(18)24-13-16(12-21(24)26)22(27)28-14-20(25)23-17-8-4-5-9-17/h6-7,10-11,15-17H,3-5,8-9,12-14H2,1-2H3,(H,23,25)/t15-,16+/m0/s1. The van der Waals surface area contributed by atoms with E-state index in [2.05, 4.69) is 19.2 Å². The lowest BCUT2D eigenvalue weighted by Crippen LogP contribution is -2.36. The van der Waals surface area contributed by atoms with Crippen LogP contribution in [0.15, 0.2) is 24.3 Å². The van der Waals surface area contributed by atoms with Crippen LogP contribution in [0.3, 0.4) is 0 Å². The molecule has 2 atom stereocenters. The summed E-state index contributed by atoms with van der Waals surface area (Å²) in [5.74, 6) is -1.01. The second kappa shape index (κ2) is 9.22. The van der Waals surface area contributed by atoms with Crippen molar-refractivity contribution in [1.29, 1.82) is 0 Å². The van der Waals surface area contributed by atoms with Crippen molar-refractivity contribution in [2.75, 3.05) is 18.1 Å². The summed E-state index contributed by atoms with van der Waals surface area (Å²) >= 11 is 0. The van der Waals surface area contributed by atoms with Gasteiger partial charge in [0.15, 0.2) is 6.61 Å². The summed E-state index contributed by atoms with van der Waals surface area (Å²) in [7, 11) is 0. The summed E-state index contributed by atoms with van der Waals surface area (Å²) in [5, 5.41) is 2.90. The van der Waals surface area contributed by atoms with E-state index in [1.54, 1.807) is 4.90 Å². The quantitative estimate of drug-likeness (QED) is 0.731. The lowest BCUT2D eigenvalue weighted by atomic mass is 9.96. The molecule has 3 rings (SSSR count). The number of hydrogen-bond donors (Lipinski definition) is 1. The van der Waals surface area contributed by atoms with E-state index < -0.39 is 11.9 Å². The van der Waals surface area contributed by atoms with Crippen molar-refractivity contribution in [2.24, 2.45) is 5.92 Å². The maximum absolute atomic E-state index is 12.6. The molecular formula is C22H30N2O4. The predicted octanol–water partition coefficient (Wildman–Crippen LogP) is 3.16. The molecule has 1 aromatic rings. The molecule has 0 aromatic heterocycles. The van der Waals surface area contributed by atoms with Gasteiger partial charge in [-0.2, -0.15) is 0 Å². The van der Waals surface area contributed by atoms with Crippen LogP contribution >= 0.6 is 0 Å². The molecule has 1 N–H and O–H groups in total. The highest BCUT2D eigenvalue weighted by molar-refractivity contribution is 6.00. The summed E-state index contributed by atoms with van der Waals surface area (Å²) in [4.78, 5) is 38.6. The second-order valence-electron chi connectivity index (χ2n) is 7.93. The zero-order chi connectivity index (χ0) is 20.1. The molecule has 1 heterocycles. The van der Waals surface area contributed by atoms with Crippen molar-refractivity contribution in [1.82, 2.24) is 5.32 Å². The molecular weight excluding hydrogens is 356 g/mol. The van der Waals surface area contributed by atoms with E-state index in [1.165, 1.54) is 0 Å². The van der Waals surface area contributed by atoms with Gasteiger partial charge in [-0.15, -0.1) is 0 Å². The molecule has 2 fully saturated rings. The third-order valence-corrected chi connectivity index (χ3v) is 5.90. The summed E-state index contributed by atoms with van der Waals surface area (Å²) in [6.45, 7) is 4.27. The third-order valence-electron chi connectivity index (χ3n) is 5.90. The second-order valence-corrected chi connectivity index (χ2v) is 7.93. The van der Waals surface area contributed by atoms with Gasteiger partial charge in [-0.1, -0.05) is 44.9 Å². The Balaban J connectivity index is 1.57. The number of rotatable bonds is 7. The van der Waals surface area contributed by atoms with Crippen molar-refractivity contribution >= 4 is 23.5 Å². The number of amides is 2. The molecule has 0 bridgehead atoms. The molecule has 2 aliphatic rings. The van der Waals surface area contributed by atoms with Crippen LogP contribution in [0.4, 0.5) is 5.69 Å². The van der Waals surface area contributed by atoms with E-state index >= 15 is 0 Å². The molecule has 6 heteroatoms. The molecule has 1 saturated carbocycles. The van der Waals surface area contributed by atoms with E-state index in [4.69, 9.17) is 4.74 Å².